The Morgan fingerprint density at radius 3 is 2.64 bits per heavy atom. The van der Waals surface area contributed by atoms with E-state index in [1.165, 1.54) is 0 Å². The summed E-state index contributed by atoms with van der Waals surface area (Å²) in [6, 6.07) is 5.42. The van der Waals surface area contributed by atoms with Gasteiger partial charge in [0.1, 0.15) is 0 Å². The normalized spacial score (nSPS) is 9.86. The molecule has 76 valence electrons. The molecule has 0 spiro atoms. The lowest BCUT2D eigenvalue weighted by molar-refractivity contribution is 0.0527. The van der Waals surface area contributed by atoms with Crippen molar-refractivity contribution in [3.63, 3.8) is 0 Å². The third-order valence-corrected chi connectivity index (χ3v) is 2.02. The molecule has 1 aromatic carbocycles. The maximum absolute atomic E-state index is 11.4. The summed E-state index contributed by atoms with van der Waals surface area (Å²) in [5, 5.41) is 0. The van der Waals surface area contributed by atoms with Crippen LogP contribution in [0.5, 0.6) is 0 Å². The molecule has 3 nitrogen and oxygen atoms in total. The maximum Gasteiger partial charge on any atom is 0.340 e. The Morgan fingerprint density at radius 2 is 2.14 bits per heavy atom. The lowest BCUT2D eigenvalue weighted by atomic mass is 10.1. The van der Waals surface area contributed by atoms with Gasteiger partial charge in [0, 0.05) is 5.69 Å². The number of ether oxygens (including phenoxy) is 1. The first-order valence-corrected chi connectivity index (χ1v) is 4.74. The van der Waals surface area contributed by atoms with Crippen LogP contribution < -0.4 is 5.73 Å². The minimum atomic E-state index is -0.354. The lowest BCUT2D eigenvalue weighted by Crippen LogP contribution is -2.08. The van der Waals surface area contributed by atoms with Crippen LogP contribution in [0.4, 0.5) is 5.69 Å². The van der Waals surface area contributed by atoms with Gasteiger partial charge in [-0.05, 0) is 31.0 Å². The number of nitrogens with two attached hydrogens (primary N) is 1. The van der Waals surface area contributed by atoms with Gasteiger partial charge in [-0.15, -0.1) is 0 Å². The van der Waals surface area contributed by atoms with E-state index in [1.807, 2.05) is 19.1 Å². The van der Waals surface area contributed by atoms with Crippen molar-refractivity contribution in [2.24, 2.45) is 0 Å². The number of rotatable bonds is 3. The van der Waals surface area contributed by atoms with E-state index in [2.05, 4.69) is 0 Å². The third-order valence-electron chi connectivity index (χ3n) is 2.02. The first-order valence-electron chi connectivity index (χ1n) is 4.74. The quantitative estimate of drug-likeness (QED) is 0.590. The van der Waals surface area contributed by atoms with Crippen molar-refractivity contribution in [3.8, 4) is 0 Å². The molecule has 14 heavy (non-hydrogen) atoms. The van der Waals surface area contributed by atoms with E-state index < -0.39 is 0 Å². The average molecular weight is 193 g/mol. The van der Waals surface area contributed by atoms with Gasteiger partial charge in [-0.3, -0.25) is 0 Å². The summed E-state index contributed by atoms with van der Waals surface area (Å²) >= 11 is 0. The van der Waals surface area contributed by atoms with Gasteiger partial charge in [-0.1, -0.05) is 13.0 Å². The van der Waals surface area contributed by atoms with E-state index in [0.29, 0.717) is 17.9 Å². The number of hydrogen-bond acceptors (Lipinski definition) is 3. The molecule has 0 saturated heterocycles. The standard InChI is InChI=1S/C11H15NO2/c1-3-8-5-6-9(10(12)7-8)11(13)14-4-2/h5-7H,3-4,12H2,1-2H3. The van der Waals surface area contributed by atoms with Crippen molar-refractivity contribution in [3.05, 3.63) is 29.3 Å². The second-order valence-electron chi connectivity index (χ2n) is 3.00. The number of aryl methyl sites for hydroxylation is 1. The summed E-state index contributed by atoms with van der Waals surface area (Å²) in [6.45, 7) is 4.18. The number of nitrogen functional groups attached to an aromatic ring is 1. The molecule has 1 aromatic rings. The highest BCUT2D eigenvalue weighted by Crippen LogP contribution is 2.15. The molecule has 0 saturated carbocycles. The Kier molecular flexibility index (Phi) is 3.51. The molecule has 0 radical (unpaired) electrons. The van der Waals surface area contributed by atoms with E-state index in [0.717, 1.165) is 12.0 Å². The summed E-state index contributed by atoms with van der Waals surface area (Å²) in [6.07, 6.45) is 0.910. The molecule has 1 rings (SSSR count). The number of anilines is 1. The number of benzene rings is 1. The Morgan fingerprint density at radius 1 is 1.43 bits per heavy atom. The second kappa shape index (κ2) is 4.65. The van der Waals surface area contributed by atoms with Gasteiger partial charge in [0.15, 0.2) is 0 Å². The number of carbonyl (C=O) groups excluding carboxylic acids is 1. The largest absolute Gasteiger partial charge is 0.462 e. The minimum absolute atomic E-state index is 0.354. The highest BCUT2D eigenvalue weighted by atomic mass is 16.5. The molecule has 0 aromatic heterocycles. The molecule has 0 fully saturated rings. The van der Waals surface area contributed by atoms with Crippen molar-refractivity contribution in [1.82, 2.24) is 0 Å². The van der Waals surface area contributed by atoms with E-state index in [-0.39, 0.29) is 5.97 Å². The van der Waals surface area contributed by atoms with Crippen LogP contribution in [0.2, 0.25) is 0 Å². The molecule has 2 N–H and O–H groups in total. The van der Waals surface area contributed by atoms with Crippen LogP contribution in [-0.4, -0.2) is 12.6 Å². The molecule has 0 heterocycles. The smallest absolute Gasteiger partial charge is 0.340 e. The van der Waals surface area contributed by atoms with Crippen molar-refractivity contribution >= 4 is 11.7 Å². The second-order valence-corrected chi connectivity index (χ2v) is 3.00. The number of carbonyl (C=O) groups is 1. The minimum Gasteiger partial charge on any atom is -0.462 e. The van der Waals surface area contributed by atoms with Crippen LogP contribution in [0.1, 0.15) is 29.8 Å². The van der Waals surface area contributed by atoms with Crippen molar-refractivity contribution in [2.45, 2.75) is 20.3 Å². The van der Waals surface area contributed by atoms with Gasteiger partial charge in [0.25, 0.3) is 0 Å². The maximum atomic E-state index is 11.4. The van der Waals surface area contributed by atoms with Crippen molar-refractivity contribution < 1.29 is 9.53 Å². The van der Waals surface area contributed by atoms with Gasteiger partial charge < -0.3 is 10.5 Å². The molecule has 0 aliphatic rings. The van der Waals surface area contributed by atoms with Crippen molar-refractivity contribution in [1.29, 1.82) is 0 Å². The lowest BCUT2D eigenvalue weighted by Gasteiger charge is -2.06. The summed E-state index contributed by atoms with van der Waals surface area (Å²) in [5.74, 6) is -0.354. The highest BCUT2D eigenvalue weighted by molar-refractivity contribution is 5.95. The zero-order valence-corrected chi connectivity index (χ0v) is 8.54. The van der Waals surface area contributed by atoms with Crippen LogP contribution in [0.25, 0.3) is 0 Å². The average Bonchev–Trinajstić information content (AvgIpc) is 2.17. The summed E-state index contributed by atoms with van der Waals surface area (Å²) in [7, 11) is 0. The summed E-state index contributed by atoms with van der Waals surface area (Å²) in [4.78, 5) is 11.4. The van der Waals surface area contributed by atoms with E-state index >= 15 is 0 Å². The zero-order chi connectivity index (χ0) is 10.6. The molecular formula is C11H15NO2. The molecule has 3 heteroatoms. The Bertz CT molecular complexity index is 334. The van der Waals surface area contributed by atoms with Gasteiger partial charge in [-0.25, -0.2) is 4.79 Å². The molecule has 0 unspecified atom stereocenters. The van der Waals surface area contributed by atoms with Crippen LogP contribution in [-0.2, 0) is 11.2 Å². The van der Waals surface area contributed by atoms with Gasteiger partial charge in [0.2, 0.25) is 0 Å². The summed E-state index contributed by atoms with van der Waals surface area (Å²) < 4.78 is 4.86. The topological polar surface area (TPSA) is 52.3 Å². The van der Waals surface area contributed by atoms with Crippen LogP contribution in [0.3, 0.4) is 0 Å². The molecule has 0 atom stereocenters. The SMILES string of the molecule is CCOC(=O)c1ccc(CC)cc1N. The Labute approximate surface area is 83.9 Å². The molecular weight excluding hydrogens is 178 g/mol. The van der Waals surface area contributed by atoms with Gasteiger partial charge >= 0.3 is 5.97 Å². The number of esters is 1. The fourth-order valence-corrected chi connectivity index (χ4v) is 1.23. The first-order chi connectivity index (χ1) is 6.69. The van der Waals surface area contributed by atoms with Gasteiger partial charge in [-0.2, -0.15) is 0 Å². The highest BCUT2D eigenvalue weighted by Gasteiger charge is 2.10. The molecule has 0 aliphatic carbocycles. The van der Waals surface area contributed by atoms with Crippen molar-refractivity contribution in [2.75, 3.05) is 12.3 Å². The molecule has 0 bridgehead atoms. The summed E-state index contributed by atoms with van der Waals surface area (Å²) in [5.41, 5.74) is 7.79. The monoisotopic (exact) mass is 193 g/mol. The fourth-order valence-electron chi connectivity index (χ4n) is 1.23. The zero-order valence-electron chi connectivity index (χ0n) is 8.54. The predicted octanol–water partition coefficient (Wildman–Crippen LogP) is 2.01. The first kappa shape index (κ1) is 10.6. The van der Waals surface area contributed by atoms with Crippen LogP contribution in [0, 0.1) is 0 Å². The molecule has 0 aliphatic heterocycles. The van der Waals surface area contributed by atoms with Crippen LogP contribution in [0.15, 0.2) is 18.2 Å². The van der Waals surface area contributed by atoms with Gasteiger partial charge in [0.05, 0.1) is 12.2 Å². The molecule has 0 amide bonds. The Balaban J connectivity index is 2.94. The van der Waals surface area contributed by atoms with Crippen LogP contribution >= 0.6 is 0 Å². The van der Waals surface area contributed by atoms with E-state index in [9.17, 15) is 4.79 Å². The predicted molar refractivity (Wildman–Crippen MR) is 56.2 cm³/mol. The third kappa shape index (κ3) is 2.25. The number of hydrogen-bond donors (Lipinski definition) is 1. The fraction of sp³-hybridized carbons (Fsp3) is 0.364. The Hall–Kier alpha value is -1.51. The van der Waals surface area contributed by atoms with E-state index in [4.69, 9.17) is 10.5 Å². The van der Waals surface area contributed by atoms with E-state index in [1.54, 1.807) is 13.0 Å².